The minimum atomic E-state index is -1.45. The van der Waals surface area contributed by atoms with E-state index in [-0.39, 0.29) is 13.2 Å². The van der Waals surface area contributed by atoms with Gasteiger partial charge in [-0.2, -0.15) is 0 Å². The number of rotatable bonds is 8. The minimum Gasteiger partial charge on any atom is -0.464 e. The van der Waals surface area contributed by atoms with E-state index < -0.39 is 53.7 Å². The predicted octanol–water partition coefficient (Wildman–Crippen LogP) is 0.383. The van der Waals surface area contributed by atoms with Gasteiger partial charge in [0.05, 0.1) is 18.6 Å². The molecule has 9 nitrogen and oxygen atoms in total. The standard InChI is InChI=1S/C18H24O9/c1-7-18(6)13(9-24-14(10(3)19)16(22)23-8-2)27-17(26-12(5)21)15(18)25-11(4)20/h1,13-15,17H,8-9H2,2-6H3/t13-,14?,15+,17?,18+/m1/s1. The highest BCUT2D eigenvalue weighted by molar-refractivity contribution is 6.00. The zero-order valence-electron chi connectivity index (χ0n) is 16.0. The lowest BCUT2D eigenvalue weighted by Gasteiger charge is -2.29. The second-order valence-electron chi connectivity index (χ2n) is 6.14. The Kier molecular flexibility index (Phi) is 7.94. The molecular weight excluding hydrogens is 360 g/mol. The Hall–Kier alpha value is -2.44. The summed E-state index contributed by atoms with van der Waals surface area (Å²) in [5.74, 6) is -0.209. The molecule has 0 saturated carbocycles. The molecule has 150 valence electrons. The molecule has 0 radical (unpaired) electrons. The Morgan fingerprint density at radius 1 is 1.15 bits per heavy atom. The molecule has 0 bridgehead atoms. The largest absolute Gasteiger partial charge is 0.464 e. The first-order chi connectivity index (χ1) is 12.6. The van der Waals surface area contributed by atoms with E-state index in [1.54, 1.807) is 13.8 Å². The van der Waals surface area contributed by atoms with Crippen LogP contribution in [0.5, 0.6) is 0 Å². The van der Waals surface area contributed by atoms with Crippen molar-refractivity contribution in [2.45, 2.75) is 59.2 Å². The third-order valence-electron chi connectivity index (χ3n) is 3.98. The average Bonchev–Trinajstić information content (AvgIpc) is 2.80. The molecule has 1 fully saturated rings. The summed E-state index contributed by atoms with van der Waals surface area (Å²) in [7, 11) is 0. The molecule has 0 aromatic rings. The summed E-state index contributed by atoms with van der Waals surface area (Å²) in [6.45, 7) is 6.47. The molecule has 1 aliphatic heterocycles. The Morgan fingerprint density at radius 2 is 1.74 bits per heavy atom. The first-order valence-corrected chi connectivity index (χ1v) is 8.33. The van der Waals surface area contributed by atoms with Crippen LogP contribution in [0.4, 0.5) is 0 Å². The van der Waals surface area contributed by atoms with Crippen molar-refractivity contribution in [2.24, 2.45) is 5.41 Å². The smallest absolute Gasteiger partial charge is 0.343 e. The molecule has 9 heteroatoms. The van der Waals surface area contributed by atoms with Gasteiger partial charge in [0.15, 0.2) is 11.9 Å². The van der Waals surface area contributed by atoms with Crippen molar-refractivity contribution in [3.05, 3.63) is 0 Å². The van der Waals surface area contributed by atoms with Crippen LogP contribution in [0, 0.1) is 17.8 Å². The first kappa shape index (κ1) is 22.6. The van der Waals surface area contributed by atoms with Gasteiger partial charge in [-0.05, 0) is 20.8 Å². The maximum Gasteiger partial charge on any atom is 0.343 e. The third-order valence-corrected chi connectivity index (χ3v) is 3.98. The molecule has 1 heterocycles. The molecule has 0 aromatic heterocycles. The van der Waals surface area contributed by atoms with E-state index in [1.807, 2.05) is 0 Å². The molecule has 0 amide bonds. The second-order valence-corrected chi connectivity index (χ2v) is 6.14. The van der Waals surface area contributed by atoms with Crippen LogP contribution in [-0.4, -0.2) is 61.5 Å². The molecule has 0 aromatic carbocycles. The summed E-state index contributed by atoms with van der Waals surface area (Å²) in [5.41, 5.74) is -1.23. The number of carbonyl (C=O) groups is 4. The Bertz CT molecular complexity index is 635. The number of ether oxygens (including phenoxy) is 5. The van der Waals surface area contributed by atoms with E-state index in [0.717, 1.165) is 6.92 Å². The highest BCUT2D eigenvalue weighted by atomic mass is 16.7. The quantitative estimate of drug-likeness (QED) is 0.253. The number of esters is 3. The number of terminal acetylenes is 1. The van der Waals surface area contributed by atoms with Gasteiger partial charge in [0.2, 0.25) is 12.4 Å². The molecule has 0 aliphatic carbocycles. The topological polar surface area (TPSA) is 114 Å². The SMILES string of the molecule is C#C[C@@]1(C)[C@@H](COC(C(C)=O)C(=O)OCC)OC(OC(C)=O)[C@@H]1OC(C)=O. The lowest BCUT2D eigenvalue weighted by Crippen LogP contribution is -2.44. The van der Waals surface area contributed by atoms with Gasteiger partial charge in [-0.1, -0.05) is 5.92 Å². The first-order valence-electron chi connectivity index (χ1n) is 8.33. The van der Waals surface area contributed by atoms with Crippen molar-refractivity contribution in [3.8, 4) is 12.3 Å². The predicted molar refractivity (Wildman–Crippen MR) is 90.0 cm³/mol. The molecule has 5 atom stereocenters. The van der Waals surface area contributed by atoms with Crippen molar-refractivity contribution in [2.75, 3.05) is 13.2 Å². The van der Waals surface area contributed by atoms with Gasteiger partial charge in [-0.3, -0.25) is 14.4 Å². The van der Waals surface area contributed by atoms with Crippen LogP contribution in [0.2, 0.25) is 0 Å². The third kappa shape index (κ3) is 5.52. The van der Waals surface area contributed by atoms with Crippen LogP contribution in [0.1, 0.15) is 34.6 Å². The Balaban J connectivity index is 3.02. The van der Waals surface area contributed by atoms with Crippen molar-refractivity contribution in [3.63, 3.8) is 0 Å². The van der Waals surface area contributed by atoms with E-state index in [1.165, 1.54) is 13.8 Å². The molecule has 1 rings (SSSR count). The fourth-order valence-electron chi connectivity index (χ4n) is 2.59. The van der Waals surface area contributed by atoms with E-state index >= 15 is 0 Å². The van der Waals surface area contributed by atoms with Crippen LogP contribution in [0.25, 0.3) is 0 Å². The Labute approximate surface area is 157 Å². The summed E-state index contributed by atoms with van der Waals surface area (Å²) in [4.78, 5) is 46.3. The van der Waals surface area contributed by atoms with E-state index in [4.69, 9.17) is 30.1 Å². The summed E-state index contributed by atoms with van der Waals surface area (Å²) in [6, 6.07) is 0. The normalized spacial score (nSPS) is 27.9. The van der Waals surface area contributed by atoms with E-state index in [9.17, 15) is 19.2 Å². The summed E-state index contributed by atoms with van der Waals surface area (Å²) in [5, 5.41) is 0. The van der Waals surface area contributed by atoms with Crippen LogP contribution >= 0.6 is 0 Å². The zero-order chi connectivity index (χ0) is 20.8. The van der Waals surface area contributed by atoms with Crippen LogP contribution in [0.3, 0.4) is 0 Å². The van der Waals surface area contributed by atoms with Crippen LogP contribution < -0.4 is 0 Å². The van der Waals surface area contributed by atoms with Gasteiger partial charge in [0.1, 0.15) is 6.10 Å². The zero-order valence-corrected chi connectivity index (χ0v) is 16.0. The number of hydrogen-bond donors (Lipinski definition) is 0. The summed E-state index contributed by atoms with van der Waals surface area (Å²) >= 11 is 0. The molecular formula is C18H24O9. The maximum absolute atomic E-state index is 11.9. The van der Waals surface area contributed by atoms with Crippen LogP contribution in [0.15, 0.2) is 0 Å². The van der Waals surface area contributed by atoms with Gasteiger partial charge < -0.3 is 23.7 Å². The van der Waals surface area contributed by atoms with Gasteiger partial charge in [-0.15, -0.1) is 6.42 Å². The average molecular weight is 384 g/mol. The maximum atomic E-state index is 11.9. The van der Waals surface area contributed by atoms with Gasteiger partial charge in [0, 0.05) is 13.8 Å². The molecule has 27 heavy (non-hydrogen) atoms. The van der Waals surface area contributed by atoms with E-state index in [2.05, 4.69) is 5.92 Å². The summed E-state index contributed by atoms with van der Waals surface area (Å²) < 4.78 is 26.0. The fraction of sp³-hybridized carbons (Fsp3) is 0.667. The van der Waals surface area contributed by atoms with Crippen molar-refractivity contribution in [1.29, 1.82) is 0 Å². The number of ketones is 1. The second kappa shape index (κ2) is 9.48. The summed E-state index contributed by atoms with van der Waals surface area (Å²) in [6.07, 6.45) is 0.905. The van der Waals surface area contributed by atoms with Crippen molar-refractivity contribution in [1.82, 2.24) is 0 Å². The minimum absolute atomic E-state index is 0.0804. The number of hydrogen-bond acceptors (Lipinski definition) is 9. The molecule has 1 aliphatic rings. The fourth-order valence-corrected chi connectivity index (χ4v) is 2.59. The molecule has 0 spiro atoms. The molecule has 0 N–H and O–H groups in total. The number of carbonyl (C=O) groups excluding carboxylic acids is 4. The van der Waals surface area contributed by atoms with Crippen LogP contribution in [-0.2, 0) is 42.9 Å². The van der Waals surface area contributed by atoms with Crippen molar-refractivity contribution < 1.29 is 42.9 Å². The molecule has 1 saturated heterocycles. The van der Waals surface area contributed by atoms with Gasteiger partial charge in [-0.25, -0.2) is 4.79 Å². The highest BCUT2D eigenvalue weighted by Gasteiger charge is 2.57. The molecule has 2 unspecified atom stereocenters. The van der Waals surface area contributed by atoms with Gasteiger partial charge in [0.25, 0.3) is 0 Å². The van der Waals surface area contributed by atoms with E-state index in [0.29, 0.717) is 0 Å². The van der Waals surface area contributed by atoms with Gasteiger partial charge >= 0.3 is 17.9 Å². The van der Waals surface area contributed by atoms with Crippen molar-refractivity contribution >= 4 is 23.7 Å². The Morgan fingerprint density at radius 3 is 2.19 bits per heavy atom. The monoisotopic (exact) mass is 384 g/mol. The lowest BCUT2D eigenvalue weighted by atomic mass is 9.81. The highest BCUT2D eigenvalue weighted by Crippen LogP contribution is 2.41. The number of Topliss-reactive ketones (excluding diaryl/α,β-unsaturated/α-hetero) is 1. The lowest BCUT2D eigenvalue weighted by molar-refractivity contribution is -0.197.